The zero-order chi connectivity index (χ0) is 38.3. The first kappa shape index (κ1) is 38.7. The van der Waals surface area contributed by atoms with Crippen molar-refractivity contribution in [3.63, 3.8) is 0 Å². The van der Waals surface area contributed by atoms with Crippen molar-refractivity contribution in [2.75, 3.05) is 0 Å². The van der Waals surface area contributed by atoms with E-state index >= 15 is 0 Å². The normalized spacial score (nSPS) is 13.5. The molecule has 282 valence electrons. The maximum atomic E-state index is 14.2. The first-order valence-electron chi connectivity index (χ1n) is 20.6. The van der Waals surface area contributed by atoms with E-state index < -0.39 is 0 Å². The van der Waals surface area contributed by atoms with Crippen molar-refractivity contribution in [1.82, 2.24) is 0 Å². The Balaban J connectivity index is 1.44. The molecule has 0 aliphatic heterocycles. The highest BCUT2D eigenvalue weighted by Gasteiger charge is 2.22. The van der Waals surface area contributed by atoms with Gasteiger partial charge in [0.1, 0.15) is 0 Å². The molecule has 7 aromatic rings. The van der Waals surface area contributed by atoms with Crippen molar-refractivity contribution in [1.29, 1.82) is 0 Å². The molecule has 0 radical (unpaired) electrons. The molecule has 0 aliphatic carbocycles. The van der Waals surface area contributed by atoms with E-state index in [-0.39, 0.29) is 10.9 Å². The van der Waals surface area contributed by atoms with E-state index in [0.717, 1.165) is 79.9 Å². The van der Waals surface area contributed by atoms with Gasteiger partial charge in [-0.3, -0.25) is 9.59 Å². The Labute approximate surface area is 330 Å². The van der Waals surface area contributed by atoms with Gasteiger partial charge in [0.2, 0.25) is 0 Å². The van der Waals surface area contributed by atoms with Crippen LogP contribution in [-0.4, -0.2) is 0 Å². The van der Waals surface area contributed by atoms with Gasteiger partial charge in [0.05, 0.1) is 0 Å². The van der Waals surface area contributed by atoms with Gasteiger partial charge in [-0.25, -0.2) is 0 Å². The summed E-state index contributed by atoms with van der Waals surface area (Å²) in [6, 6.07) is 21.8. The molecule has 0 saturated carbocycles. The van der Waals surface area contributed by atoms with Gasteiger partial charge in [0, 0.05) is 41.4 Å². The van der Waals surface area contributed by atoms with Gasteiger partial charge in [-0.15, -0.1) is 22.7 Å². The lowest BCUT2D eigenvalue weighted by molar-refractivity contribution is 0.437. The van der Waals surface area contributed by atoms with Crippen LogP contribution in [0.4, 0.5) is 0 Å². The molecule has 2 nitrogen and oxygen atoms in total. The predicted octanol–water partition coefficient (Wildman–Crippen LogP) is 14.8. The Morgan fingerprint density at radius 3 is 1.20 bits per heavy atom. The molecule has 0 spiro atoms. The van der Waals surface area contributed by atoms with Gasteiger partial charge in [-0.2, -0.15) is 0 Å². The zero-order valence-electron chi connectivity index (χ0n) is 33.8. The summed E-state index contributed by atoms with van der Waals surface area (Å²) < 4.78 is 0. The fourth-order valence-corrected chi connectivity index (χ4v) is 10.5. The summed E-state index contributed by atoms with van der Waals surface area (Å²) in [5, 5.41) is 8.69. The van der Waals surface area contributed by atoms with Crippen LogP contribution in [0.1, 0.15) is 114 Å². The van der Waals surface area contributed by atoms with E-state index in [9.17, 15) is 9.59 Å². The van der Waals surface area contributed by atoms with Crippen molar-refractivity contribution in [3.05, 3.63) is 102 Å². The fraction of sp³-hybridized carbons (Fsp3) is 0.440. The van der Waals surface area contributed by atoms with Gasteiger partial charge < -0.3 is 0 Å². The van der Waals surface area contributed by atoms with E-state index in [1.54, 1.807) is 22.7 Å². The van der Waals surface area contributed by atoms with Crippen LogP contribution in [0.15, 0.2) is 70.3 Å². The summed E-state index contributed by atoms with van der Waals surface area (Å²) in [7, 11) is 0. The van der Waals surface area contributed by atoms with Crippen LogP contribution in [0.5, 0.6) is 0 Å². The van der Waals surface area contributed by atoms with Crippen LogP contribution in [0, 0.1) is 37.5 Å². The van der Waals surface area contributed by atoms with Crippen molar-refractivity contribution in [2.45, 2.75) is 120 Å². The SMILES string of the molecule is Cc1ccc(-c2cc3cc4c(CCC(C)CCCC(C)C)c5cc6c(=O)c(-c7ccc(C)s7)cc6cc5c(CCC(C)CCCC(C)C)c4cc3c2=O)s1. The number of hydrogen-bond donors (Lipinski definition) is 0. The number of fused-ring (bicyclic) bond motifs is 4. The minimum atomic E-state index is 0.139. The second kappa shape index (κ2) is 16.2. The standard InChI is InChI=1S/C50H58O2S2/c1-29(2)11-9-13-31(5)15-19-37-41-23-35-25-45(47-21-17-33(7)53-47)50(52)40(35)28-44(41)38(20-16-32(6)14-10-12-30(3)4)42-24-36-26-46(48-22-18-34(8)54-48)49(51)39(36)27-43(37)42/h17-18,21-32H,9-16,19-20H2,1-8H3. The molecular weight excluding hydrogens is 697 g/mol. The highest BCUT2D eigenvalue weighted by atomic mass is 32.1. The lowest BCUT2D eigenvalue weighted by Crippen LogP contribution is -2.04. The molecule has 0 N–H and O–H groups in total. The molecule has 2 unspecified atom stereocenters. The summed E-state index contributed by atoms with van der Waals surface area (Å²) in [6.45, 7) is 18.3. The Morgan fingerprint density at radius 2 is 0.852 bits per heavy atom. The Morgan fingerprint density at radius 1 is 0.463 bits per heavy atom. The molecule has 2 aromatic heterocycles. The Kier molecular flexibility index (Phi) is 11.6. The molecule has 4 heteroatoms. The molecule has 0 fully saturated rings. The maximum Gasteiger partial charge on any atom is 0.195 e. The van der Waals surface area contributed by atoms with E-state index in [2.05, 4.69) is 116 Å². The minimum absolute atomic E-state index is 0.139. The third-order valence-electron chi connectivity index (χ3n) is 12.0. The minimum Gasteiger partial charge on any atom is -0.289 e. The molecule has 5 aromatic carbocycles. The summed E-state index contributed by atoms with van der Waals surface area (Å²) in [4.78, 5) is 32.9. The highest BCUT2D eigenvalue weighted by molar-refractivity contribution is 7.15. The summed E-state index contributed by atoms with van der Waals surface area (Å²) in [6.07, 6.45) is 11.6. The topological polar surface area (TPSA) is 34.1 Å². The van der Waals surface area contributed by atoms with Crippen molar-refractivity contribution < 1.29 is 0 Å². The monoisotopic (exact) mass is 754 g/mol. The highest BCUT2D eigenvalue weighted by Crippen LogP contribution is 2.41. The molecule has 0 bridgehead atoms. The first-order chi connectivity index (χ1) is 25.9. The lowest BCUT2D eigenvalue weighted by atomic mass is 9.84. The summed E-state index contributed by atoms with van der Waals surface area (Å²) in [5.74, 6) is 2.67. The van der Waals surface area contributed by atoms with Gasteiger partial charge in [-0.05, 0) is 167 Å². The molecule has 0 amide bonds. The fourth-order valence-electron chi connectivity index (χ4n) is 8.77. The van der Waals surface area contributed by atoms with Gasteiger partial charge in [0.25, 0.3) is 0 Å². The number of thiophene rings is 2. The molecule has 0 aliphatic rings. The van der Waals surface area contributed by atoms with E-state index in [4.69, 9.17) is 0 Å². The molecule has 0 saturated heterocycles. The largest absolute Gasteiger partial charge is 0.289 e. The predicted molar refractivity (Wildman–Crippen MR) is 240 cm³/mol. The average Bonchev–Trinajstić information content (AvgIpc) is 3.90. The number of benzene rings is 3. The van der Waals surface area contributed by atoms with E-state index in [1.807, 2.05) is 0 Å². The third kappa shape index (κ3) is 8.03. The zero-order valence-corrected chi connectivity index (χ0v) is 35.4. The average molecular weight is 755 g/mol. The van der Waals surface area contributed by atoms with Gasteiger partial charge in [-0.1, -0.05) is 80.1 Å². The maximum absolute atomic E-state index is 14.2. The molecule has 7 rings (SSSR count). The molecule has 2 heterocycles. The van der Waals surface area contributed by atoms with Crippen LogP contribution in [-0.2, 0) is 12.8 Å². The Hall–Kier alpha value is -3.60. The van der Waals surface area contributed by atoms with Crippen LogP contribution >= 0.6 is 22.7 Å². The third-order valence-corrected chi connectivity index (χ3v) is 14.1. The summed E-state index contributed by atoms with van der Waals surface area (Å²) >= 11 is 3.39. The number of rotatable bonds is 16. The van der Waals surface area contributed by atoms with Crippen molar-refractivity contribution >= 4 is 65.8 Å². The van der Waals surface area contributed by atoms with Gasteiger partial charge >= 0.3 is 0 Å². The van der Waals surface area contributed by atoms with Crippen LogP contribution in [0.3, 0.4) is 0 Å². The second-order valence-electron chi connectivity index (χ2n) is 17.5. The molecule has 2 atom stereocenters. The van der Waals surface area contributed by atoms with Crippen molar-refractivity contribution in [3.8, 4) is 20.9 Å². The quantitative estimate of drug-likeness (QED) is 0.0921. The van der Waals surface area contributed by atoms with Crippen LogP contribution in [0.2, 0.25) is 0 Å². The Bertz CT molecular complexity index is 2340. The van der Waals surface area contributed by atoms with Crippen LogP contribution < -0.4 is 10.9 Å². The lowest BCUT2D eigenvalue weighted by Gasteiger charge is -2.20. The molecule has 54 heavy (non-hydrogen) atoms. The van der Waals surface area contributed by atoms with Crippen molar-refractivity contribution in [2.24, 2.45) is 23.7 Å². The molecular formula is C50H58O2S2. The summed E-state index contributed by atoms with van der Waals surface area (Å²) in [5.41, 5.74) is 4.58. The van der Waals surface area contributed by atoms with Crippen LogP contribution in [0.25, 0.3) is 64.0 Å². The van der Waals surface area contributed by atoms with Gasteiger partial charge in [0.15, 0.2) is 10.9 Å². The smallest absolute Gasteiger partial charge is 0.195 e. The second-order valence-corrected chi connectivity index (χ2v) is 20.0. The number of hydrogen-bond acceptors (Lipinski definition) is 4. The number of aryl methyl sites for hydroxylation is 4. The van der Waals surface area contributed by atoms with E-state index in [1.165, 1.54) is 81.0 Å². The first-order valence-corrected chi connectivity index (χ1v) is 22.3. The van der Waals surface area contributed by atoms with E-state index in [0.29, 0.717) is 11.8 Å².